The highest BCUT2D eigenvalue weighted by atomic mass is 32.2. The first-order chi connectivity index (χ1) is 13.7. The molecule has 0 fully saturated rings. The first-order valence-electron chi connectivity index (χ1n) is 8.62. The summed E-state index contributed by atoms with van der Waals surface area (Å²) in [6, 6.07) is 7.65. The summed E-state index contributed by atoms with van der Waals surface area (Å²) in [5, 5.41) is 11.9. The Kier molecular flexibility index (Phi) is 5.76. The minimum absolute atomic E-state index is 0.116. The van der Waals surface area contributed by atoms with Gasteiger partial charge in [-0.3, -0.25) is 4.79 Å². The Morgan fingerprint density at radius 3 is 2.66 bits per heavy atom. The Morgan fingerprint density at radius 1 is 1.24 bits per heavy atom. The number of rotatable bonds is 6. The zero-order chi connectivity index (χ0) is 21.2. The van der Waals surface area contributed by atoms with E-state index in [0.717, 1.165) is 18.1 Å². The lowest BCUT2D eigenvalue weighted by Gasteiger charge is -2.12. The number of carbonyl (C=O) groups is 1. The third-order valence-electron chi connectivity index (χ3n) is 4.22. The van der Waals surface area contributed by atoms with Crippen molar-refractivity contribution in [1.82, 2.24) is 9.78 Å². The van der Waals surface area contributed by atoms with Gasteiger partial charge in [0.25, 0.3) is 0 Å². The summed E-state index contributed by atoms with van der Waals surface area (Å²) >= 11 is 0. The van der Waals surface area contributed by atoms with Gasteiger partial charge in [-0.2, -0.15) is 5.10 Å². The van der Waals surface area contributed by atoms with Crippen molar-refractivity contribution in [2.75, 3.05) is 5.32 Å². The summed E-state index contributed by atoms with van der Waals surface area (Å²) in [6.45, 7) is 1.93. The van der Waals surface area contributed by atoms with Crippen LogP contribution in [0.4, 0.5) is 14.5 Å². The van der Waals surface area contributed by atoms with E-state index < -0.39 is 34.0 Å². The smallest absolute Gasteiger partial charge is 0.240 e. The fraction of sp³-hybridized carbons (Fsp3) is 0.158. The Bertz CT molecular complexity index is 1180. The number of hydrogen-bond acceptors (Lipinski definition) is 4. The maximum absolute atomic E-state index is 13.7. The van der Waals surface area contributed by atoms with Crippen LogP contribution in [0, 0.1) is 11.6 Å². The maximum Gasteiger partial charge on any atom is 0.240 e. The normalized spacial score (nSPS) is 11.4. The molecule has 29 heavy (non-hydrogen) atoms. The van der Waals surface area contributed by atoms with Crippen LogP contribution in [-0.2, 0) is 27.7 Å². The minimum Gasteiger partial charge on any atom is -0.326 e. The van der Waals surface area contributed by atoms with Crippen molar-refractivity contribution in [3.8, 4) is 5.69 Å². The molecule has 0 aliphatic rings. The van der Waals surface area contributed by atoms with Gasteiger partial charge >= 0.3 is 0 Å². The van der Waals surface area contributed by atoms with Gasteiger partial charge in [0.05, 0.1) is 18.3 Å². The number of hydrogen-bond donors (Lipinski definition) is 2. The van der Waals surface area contributed by atoms with Crippen molar-refractivity contribution in [1.29, 1.82) is 0 Å². The van der Waals surface area contributed by atoms with E-state index in [4.69, 9.17) is 5.14 Å². The molecule has 0 radical (unpaired) electrons. The first kappa shape index (κ1) is 20.6. The summed E-state index contributed by atoms with van der Waals surface area (Å²) in [6.07, 6.45) is 3.58. The predicted octanol–water partition coefficient (Wildman–Crippen LogP) is 2.54. The quantitative estimate of drug-likeness (QED) is 0.639. The largest absolute Gasteiger partial charge is 0.326 e. The third-order valence-corrected chi connectivity index (χ3v) is 5.16. The number of nitrogens with two attached hydrogens (primary N) is 1. The lowest BCUT2D eigenvalue weighted by Crippen LogP contribution is -2.18. The van der Waals surface area contributed by atoms with E-state index in [1.807, 2.05) is 6.92 Å². The number of nitrogens with one attached hydrogen (secondary N) is 1. The predicted molar refractivity (Wildman–Crippen MR) is 103 cm³/mol. The van der Waals surface area contributed by atoms with Crippen LogP contribution in [0.15, 0.2) is 53.7 Å². The molecule has 1 amide bonds. The zero-order valence-corrected chi connectivity index (χ0v) is 16.2. The number of carbonyl (C=O) groups excluding carboxylic acids is 1. The maximum atomic E-state index is 13.7. The van der Waals surface area contributed by atoms with Crippen molar-refractivity contribution in [3.63, 3.8) is 0 Å². The summed E-state index contributed by atoms with van der Waals surface area (Å²) in [4.78, 5) is 12.0. The van der Waals surface area contributed by atoms with Crippen molar-refractivity contribution >= 4 is 21.6 Å². The Hall–Kier alpha value is -3.11. The number of aryl methyl sites for hydroxylation is 1. The van der Waals surface area contributed by atoms with Gasteiger partial charge in [-0.05, 0) is 36.2 Å². The lowest BCUT2D eigenvalue weighted by molar-refractivity contribution is -0.115. The summed E-state index contributed by atoms with van der Waals surface area (Å²) in [7, 11) is -4.13. The fourth-order valence-corrected chi connectivity index (χ4v) is 3.49. The topological polar surface area (TPSA) is 107 Å². The van der Waals surface area contributed by atoms with E-state index in [-0.39, 0.29) is 21.8 Å². The molecule has 10 heteroatoms. The van der Waals surface area contributed by atoms with E-state index in [0.29, 0.717) is 0 Å². The summed E-state index contributed by atoms with van der Waals surface area (Å²) in [5.41, 5.74) is 1.15. The minimum atomic E-state index is -4.13. The average molecular weight is 420 g/mol. The van der Waals surface area contributed by atoms with E-state index in [1.54, 1.807) is 12.4 Å². The second-order valence-corrected chi connectivity index (χ2v) is 7.84. The molecule has 1 heterocycles. The Morgan fingerprint density at radius 2 is 2.00 bits per heavy atom. The molecule has 3 rings (SSSR count). The van der Waals surface area contributed by atoms with E-state index in [2.05, 4.69) is 10.4 Å². The number of primary sulfonamides is 1. The van der Waals surface area contributed by atoms with Crippen molar-refractivity contribution in [2.24, 2.45) is 5.14 Å². The second kappa shape index (κ2) is 8.10. The van der Waals surface area contributed by atoms with Crippen molar-refractivity contribution in [3.05, 3.63) is 71.6 Å². The number of halogens is 2. The van der Waals surface area contributed by atoms with Gasteiger partial charge in [0, 0.05) is 17.4 Å². The number of nitrogens with zero attached hydrogens (tertiary/aromatic N) is 2. The summed E-state index contributed by atoms with van der Waals surface area (Å²) < 4.78 is 52.5. The second-order valence-electron chi connectivity index (χ2n) is 6.31. The first-order valence-corrected chi connectivity index (χ1v) is 10.2. The number of aromatic nitrogens is 2. The van der Waals surface area contributed by atoms with Crippen LogP contribution in [0.1, 0.15) is 18.1 Å². The molecule has 0 saturated heterocycles. The molecule has 0 bridgehead atoms. The van der Waals surface area contributed by atoms with Gasteiger partial charge in [-0.15, -0.1) is 0 Å². The van der Waals surface area contributed by atoms with Crippen LogP contribution in [0.25, 0.3) is 5.69 Å². The van der Waals surface area contributed by atoms with Gasteiger partial charge in [0.15, 0.2) is 11.6 Å². The van der Waals surface area contributed by atoms with Crippen LogP contribution in [-0.4, -0.2) is 24.1 Å². The SMILES string of the molecule is CCc1cnn(-c2ccc(NC(=O)Cc3cccc(F)c3F)cc2S(N)(=O)=O)c1. The van der Waals surface area contributed by atoms with Gasteiger partial charge in [0.2, 0.25) is 15.9 Å². The number of anilines is 1. The van der Waals surface area contributed by atoms with Crippen molar-refractivity contribution in [2.45, 2.75) is 24.7 Å². The molecule has 0 saturated carbocycles. The number of sulfonamides is 1. The Balaban J connectivity index is 1.88. The van der Waals surface area contributed by atoms with E-state index >= 15 is 0 Å². The lowest BCUT2D eigenvalue weighted by atomic mass is 10.1. The van der Waals surface area contributed by atoms with Gasteiger partial charge < -0.3 is 5.32 Å². The molecule has 0 spiro atoms. The van der Waals surface area contributed by atoms with Crippen LogP contribution < -0.4 is 10.5 Å². The monoisotopic (exact) mass is 420 g/mol. The van der Waals surface area contributed by atoms with Crippen LogP contribution >= 0.6 is 0 Å². The molecule has 1 aromatic heterocycles. The molecule has 0 unspecified atom stereocenters. The standard InChI is InChI=1S/C19H18F2N4O3S/c1-2-12-10-23-25(11-12)16-7-6-14(9-17(16)29(22,27)28)24-18(26)8-13-4-3-5-15(20)19(13)21/h3-7,9-11H,2,8H2,1H3,(H,24,26)(H2,22,27,28). The highest BCUT2D eigenvalue weighted by molar-refractivity contribution is 7.89. The molecule has 7 nitrogen and oxygen atoms in total. The van der Waals surface area contributed by atoms with Gasteiger partial charge in [0.1, 0.15) is 4.90 Å². The zero-order valence-electron chi connectivity index (χ0n) is 15.4. The molecular weight excluding hydrogens is 402 g/mol. The molecular formula is C19H18F2N4O3S. The molecule has 2 aromatic carbocycles. The highest BCUT2D eigenvalue weighted by Gasteiger charge is 2.18. The molecule has 0 atom stereocenters. The third kappa shape index (κ3) is 4.66. The number of benzene rings is 2. The fourth-order valence-electron chi connectivity index (χ4n) is 2.75. The molecule has 152 valence electrons. The van der Waals surface area contributed by atoms with E-state index in [9.17, 15) is 22.0 Å². The van der Waals surface area contributed by atoms with Crippen LogP contribution in [0.5, 0.6) is 0 Å². The van der Waals surface area contributed by atoms with E-state index in [1.165, 1.54) is 35.0 Å². The van der Waals surface area contributed by atoms with Gasteiger partial charge in [-0.25, -0.2) is 27.0 Å². The molecule has 3 aromatic rings. The molecule has 0 aliphatic carbocycles. The molecule has 0 aliphatic heterocycles. The summed E-state index contributed by atoms with van der Waals surface area (Å²) in [5.74, 6) is -2.80. The average Bonchev–Trinajstić information content (AvgIpc) is 3.14. The highest BCUT2D eigenvalue weighted by Crippen LogP contribution is 2.24. The van der Waals surface area contributed by atoms with Crippen LogP contribution in [0.3, 0.4) is 0 Å². The molecule has 3 N–H and O–H groups in total. The van der Waals surface area contributed by atoms with Crippen LogP contribution in [0.2, 0.25) is 0 Å². The number of amides is 1. The Labute approximate surface area is 166 Å². The van der Waals surface area contributed by atoms with Crippen molar-refractivity contribution < 1.29 is 22.0 Å². The van der Waals surface area contributed by atoms with Gasteiger partial charge in [-0.1, -0.05) is 19.1 Å².